The number of hydrogen-bond donors (Lipinski definition) is 1. The van der Waals surface area contributed by atoms with E-state index in [4.69, 9.17) is 0 Å². The van der Waals surface area contributed by atoms with E-state index in [1.165, 1.54) is 0 Å². The predicted octanol–water partition coefficient (Wildman–Crippen LogP) is 6.71. The highest BCUT2D eigenvalue weighted by Gasteiger charge is 2.33. The van der Waals surface area contributed by atoms with Crippen LogP contribution in [0.25, 0.3) is 10.8 Å². The molecule has 0 spiro atoms. The van der Waals surface area contributed by atoms with Crippen molar-refractivity contribution < 1.29 is 0 Å². The Morgan fingerprint density at radius 3 is 1.26 bits per heavy atom. The summed E-state index contributed by atoms with van der Waals surface area (Å²) < 4.78 is 0. The third kappa shape index (κ3) is 4.37. The minimum Gasteiger partial charge on any atom is -0.349 e. The summed E-state index contributed by atoms with van der Waals surface area (Å²) in [5.74, 6) is 0. The van der Waals surface area contributed by atoms with Crippen LogP contribution in [0.5, 0.6) is 0 Å². The smallest absolute Gasteiger partial charge is 0.260 e. The minimum absolute atomic E-state index is 0.252. The molecule has 0 fully saturated rings. The molecule has 184 valence electrons. The van der Waals surface area contributed by atoms with Gasteiger partial charge in [-0.05, 0) is 40.5 Å². The minimum atomic E-state index is -0.394. The predicted molar refractivity (Wildman–Crippen MR) is 154 cm³/mol. The number of hydrogen-bond acceptors (Lipinski definition) is 3. The summed E-state index contributed by atoms with van der Waals surface area (Å²) in [5, 5.41) is 0.924. The molecule has 7 aromatic rings. The molecule has 0 unspecified atom stereocenters. The van der Waals surface area contributed by atoms with Gasteiger partial charge in [0.05, 0.1) is 23.2 Å². The van der Waals surface area contributed by atoms with Crippen molar-refractivity contribution in [1.82, 2.24) is 4.98 Å². The summed E-state index contributed by atoms with van der Waals surface area (Å²) in [4.78, 5) is 30.9. The summed E-state index contributed by atoms with van der Waals surface area (Å²) in [6.45, 7) is 0. The number of anilines is 1. The molecule has 5 aromatic carbocycles. The van der Waals surface area contributed by atoms with Gasteiger partial charge >= 0.3 is 0 Å². The zero-order valence-corrected chi connectivity index (χ0v) is 20.7. The maximum absolute atomic E-state index is 13.3. The van der Waals surface area contributed by atoms with Crippen LogP contribution in [-0.2, 0) is 0 Å². The van der Waals surface area contributed by atoms with Gasteiger partial charge in [0, 0.05) is 5.39 Å². The van der Waals surface area contributed by atoms with E-state index in [-0.39, 0.29) is 17.6 Å². The van der Waals surface area contributed by atoms with Gasteiger partial charge in [0.25, 0.3) is 11.1 Å². The van der Waals surface area contributed by atoms with Crippen LogP contribution < -0.4 is 16.0 Å². The zero-order chi connectivity index (χ0) is 25.9. The number of nitrogens with zero attached hydrogens (tertiary/aromatic N) is 1. The van der Waals surface area contributed by atoms with Crippen molar-refractivity contribution in [3.63, 3.8) is 0 Å². The maximum Gasteiger partial charge on any atom is 0.260 e. The molecule has 0 aliphatic heterocycles. The average Bonchev–Trinajstić information content (AvgIpc) is 3.19. The molecule has 0 aliphatic carbocycles. The van der Waals surface area contributed by atoms with Crippen LogP contribution in [0, 0.1) is 0 Å². The number of fused-ring (bicyclic) bond motifs is 4. The van der Waals surface area contributed by atoms with E-state index in [0.29, 0.717) is 16.5 Å². The fraction of sp³-hybridized carbons (Fsp3) is 0.0588. The van der Waals surface area contributed by atoms with E-state index in [2.05, 4.69) is 58.4 Å². The summed E-state index contributed by atoms with van der Waals surface area (Å²) in [7, 11) is 0. The number of nitrogens with one attached hydrogen (secondary N) is 1. The van der Waals surface area contributed by atoms with E-state index < -0.39 is 5.56 Å². The van der Waals surface area contributed by atoms with Crippen LogP contribution in [0.1, 0.15) is 34.3 Å². The molecule has 0 atom stereocenters. The largest absolute Gasteiger partial charge is 0.349 e. The van der Waals surface area contributed by atoms with Crippen LogP contribution >= 0.6 is 0 Å². The Morgan fingerprint density at radius 1 is 0.474 bits per heavy atom. The molecule has 4 heteroatoms. The Balaban J connectivity index is 1.73. The summed E-state index contributed by atoms with van der Waals surface area (Å²) in [5.41, 5.74) is 4.26. The first kappa shape index (κ1) is 23.4. The van der Waals surface area contributed by atoms with Crippen molar-refractivity contribution in [2.75, 3.05) is 4.90 Å². The number of aromatic nitrogens is 1. The van der Waals surface area contributed by atoms with E-state index >= 15 is 0 Å². The molecule has 4 nitrogen and oxygen atoms in total. The van der Waals surface area contributed by atoms with Gasteiger partial charge < -0.3 is 4.90 Å². The van der Waals surface area contributed by atoms with Crippen LogP contribution in [-0.4, -0.2) is 4.98 Å². The first-order chi connectivity index (χ1) is 18.7. The van der Waals surface area contributed by atoms with Gasteiger partial charge in [0.15, 0.2) is 0 Å². The third-order valence-electron chi connectivity index (χ3n) is 7.03. The van der Waals surface area contributed by atoms with Gasteiger partial charge in [-0.3, -0.25) is 14.6 Å². The lowest BCUT2D eigenvalue weighted by Crippen LogP contribution is -2.35. The van der Waals surface area contributed by atoms with Crippen LogP contribution in [0.15, 0.2) is 149 Å². The highest BCUT2D eigenvalue weighted by molar-refractivity contribution is 5.83. The van der Waals surface area contributed by atoms with E-state index in [9.17, 15) is 9.59 Å². The van der Waals surface area contributed by atoms with Gasteiger partial charge in [-0.25, -0.2) is 0 Å². The summed E-state index contributed by atoms with van der Waals surface area (Å²) in [6, 6.07) is 46.1. The molecular weight excluding hydrogens is 468 g/mol. The van der Waals surface area contributed by atoms with Gasteiger partial charge in [-0.15, -0.1) is 0 Å². The standard InChI is InChI=1S/C34H26N2O2/c37-33-28-21-22-29(34(38)35-33)30(23-28)36(31(24-13-5-1-6-14-24)25-15-7-2-8-16-25)32(26-17-9-3-10-18-26)27-19-11-4-12-20-27/h1-23,31-32H,(H,35,37,38). The van der Waals surface area contributed by atoms with Gasteiger partial charge in [0.1, 0.15) is 0 Å². The van der Waals surface area contributed by atoms with Crippen LogP contribution in [0.3, 0.4) is 0 Å². The van der Waals surface area contributed by atoms with Crippen LogP contribution in [0.4, 0.5) is 5.69 Å². The molecule has 2 aromatic heterocycles. The molecule has 0 amide bonds. The van der Waals surface area contributed by atoms with Crippen molar-refractivity contribution >= 4 is 16.5 Å². The maximum atomic E-state index is 13.3. The SMILES string of the molecule is O=c1[nH]c(=O)c2ccc1cc2N(C(c1ccccc1)c1ccccc1)C(c1ccccc1)c1ccccc1. The first-order valence-electron chi connectivity index (χ1n) is 12.7. The fourth-order valence-electron chi connectivity index (χ4n) is 5.32. The van der Waals surface area contributed by atoms with Gasteiger partial charge in [0.2, 0.25) is 0 Å². The zero-order valence-electron chi connectivity index (χ0n) is 20.7. The molecule has 7 rings (SSSR count). The Morgan fingerprint density at radius 2 is 0.868 bits per heavy atom. The lowest BCUT2D eigenvalue weighted by molar-refractivity contribution is 0.637. The lowest BCUT2D eigenvalue weighted by atomic mass is 9.89. The highest BCUT2D eigenvalue weighted by Crippen LogP contribution is 2.44. The normalized spacial score (nSPS) is 11.3. The van der Waals surface area contributed by atoms with Crippen molar-refractivity contribution in [2.24, 2.45) is 0 Å². The summed E-state index contributed by atoms with van der Waals surface area (Å²) >= 11 is 0. The van der Waals surface area contributed by atoms with Gasteiger partial charge in [-0.2, -0.15) is 0 Å². The Bertz CT molecular complexity index is 1590. The topological polar surface area (TPSA) is 53.2 Å². The molecule has 0 aliphatic rings. The van der Waals surface area contributed by atoms with E-state index in [1.807, 2.05) is 78.9 Å². The van der Waals surface area contributed by atoms with Crippen molar-refractivity contribution in [2.45, 2.75) is 12.1 Å². The number of aromatic amines is 1. The Hall–Kier alpha value is -4.96. The molecule has 1 N–H and O–H groups in total. The molecule has 0 saturated carbocycles. The average molecular weight is 495 g/mol. The van der Waals surface area contributed by atoms with Crippen molar-refractivity contribution in [1.29, 1.82) is 0 Å². The molecule has 2 heterocycles. The number of benzene rings is 5. The van der Waals surface area contributed by atoms with E-state index in [1.54, 1.807) is 12.1 Å². The van der Waals surface area contributed by atoms with Crippen molar-refractivity contribution in [3.8, 4) is 0 Å². The molecule has 38 heavy (non-hydrogen) atoms. The highest BCUT2D eigenvalue weighted by atomic mass is 16.2. The Kier molecular flexibility index (Phi) is 6.29. The number of H-pyrrole nitrogens is 1. The Labute approximate surface area is 220 Å². The van der Waals surface area contributed by atoms with Crippen LogP contribution in [0.2, 0.25) is 0 Å². The molecule has 0 saturated heterocycles. The third-order valence-corrected chi connectivity index (χ3v) is 7.03. The summed E-state index contributed by atoms with van der Waals surface area (Å²) in [6.07, 6.45) is 0. The number of rotatable bonds is 7. The quantitative estimate of drug-likeness (QED) is 0.268. The van der Waals surface area contributed by atoms with Crippen molar-refractivity contribution in [3.05, 3.63) is 182 Å². The van der Waals surface area contributed by atoms with E-state index in [0.717, 1.165) is 22.3 Å². The fourth-order valence-corrected chi connectivity index (χ4v) is 5.32. The second-order valence-corrected chi connectivity index (χ2v) is 9.37. The molecule has 0 radical (unpaired) electrons. The van der Waals surface area contributed by atoms with Gasteiger partial charge in [-0.1, -0.05) is 121 Å². The monoisotopic (exact) mass is 494 g/mol. The second-order valence-electron chi connectivity index (χ2n) is 9.37. The second kappa shape index (κ2) is 10.2. The lowest BCUT2D eigenvalue weighted by Gasteiger charge is -2.41. The molecular formula is C34H26N2O2. The molecule has 2 bridgehead atoms. The first-order valence-corrected chi connectivity index (χ1v) is 12.7.